The average molecular weight is 639 g/mol. The first kappa shape index (κ1) is 33.3. The molecule has 0 radical (unpaired) electrons. The highest BCUT2D eigenvalue weighted by atomic mass is 19.4. The lowest BCUT2D eigenvalue weighted by Gasteiger charge is -2.36. The fourth-order valence-electron chi connectivity index (χ4n) is 5.82. The minimum absolute atomic E-state index is 0.000764. The third-order valence-electron chi connectivity index (χ3n) is 8.10. The second-order valence-corrected chi connectivity index (χ2v) is 11.8. The van der Waals surface area contributed by atoms with Gasteiger partial charge in [0.05, 0.1) is 29.8 Å². The lowest BCUT2D eigenvalue weighted by molar-refractivity contribution is -0.143. The maximum absolute atomic E-state index is 13.7. The number of amides is 1. The summed E-state index contributed by atoms with van der Waals surface area (Å²) in [5.41, 5.74) is -3.26. The Hall–Kier alpha value is -3.58. The smallest absolute Gasteiger partial charge is 0.418 e. The van der Waals surface area contributed by atoms with Crippen LogP contribution in [-0.2, 0) is 23.3 Å². The molecule has 0 spiro atoms. The van der Waals surface area contributed by atoms with Crippen molar-refractivity contribution >= 4 is 17.4 Å². The number of ether oxygens (including phenoxy) is 2. The number of allylic oxidation sites excluding steroid dienone is 1. The van der Waals surface area contributed by atoms with Gasteiger partial charge < -0.3 is 14.8 Å². The molecule has 1 amide bonds. The summed E-state index contributed by atoms with van der Waals surface area (Å²) in [6, 6.07) is 2.31. The first-order valence-electron chi connectivity index (χ1n) is 13.6. The van der Waals surface area contributed by atoms with Crippen molar-refractivity contribution in [1.82, 2.24) is 4.90 Å². The molecular formula is C30H31F9N2O3. The summed E-state index contributed by atoms with van der Waals surface area (Å²) >= 11 is 0. The van der Waals surface area contributed by atoms with E-state index in [0.29, 0.717) is 48.1 Å². The van der Waals surface area contributed by atoms with E-state index in [9.17, 15) is 44.3 Å². The molecule has 0 unspecified atom stereocenters. The summed E-state index contributed by atoms with van der Waals surface area (Å²) in [7, 11) is 2.58. The third-order valence-corrected chi connectivity index (χ3v) is 8.10. The molecule has 0 aromatic heterocycles. The molecular weight excluding hydrogens is 607 g/mol. The second kappa shape index (κ2) is 11.4. The van der Waals surface area contributed by atoms with Crippen molar-refractivity contribution in [2.45, 2.75) is 70.7 Å². The van der Waals surface area contributed by atoms with E-state index in [1.807, 2.05) is 13.8 Å². The monoisotopic (exact) mass is 638 g/mol. The number of carbonyl (C=O) groups is 1. The number of rotatable bonds is 6. The van der Waals surface area contributed by atoms with Crippen molar-refractivity contribution in [3.8, 4) is 5.75 Å². The zero-order chi connectivity index (χ0) is 33.0. The largest absolute Gasteiger partial charge is 0.496 e. The molecule has 2 aliphatic rings. The Bertz CT molecular complexity index is 1430. The van der Waals surface area contributed by atoms with Crippen LogP contribution >= 0.6 is 0 Å². The van der Waals surface area contributed by atoms with Gasteiger partial charge in [0.2, 0.25) is 0 Å². The number of alkyl halides is 9. The van der Waals surface area contributed by atoms with Gasteiger partial charge in [0.1, 0.15) is 11.9 Å². The molecule has 0 saturated carbocycles. The van der Waals surface area contributed by atoms with Crippen LogP contribution in [0, 0.1) is 5.41 Å². The molecule has 242 valence electrons. The molecule has 1 heterocycles. The van der Waals surface area contributed by atoms with E-state index in [1.54, 1.807) is 0 Å². The Morgan fingerprint density at radius 1 is 0.955 bits per heavy atom. The van der Waals surface area contributed by atoms with Gasteiger partial charge in [-0.15, -0.1) is 0 Å². The van der Waals surface area contributed by atoms with Crippen LogP contribution in [-0.4, -0.2) is 37.7 Å². The summed E-state index contributed by atoms with van der Waals surface area (Å²) in [6.45, 7) is 5.29. The molecule has 4 rings (SSSR count). The maximum atomic E-state index is 13.7. The van der Waals surface area contributed by atoms with E-state index in [2.05, 4.69) is 5.32 Å². The summed E-state index contributed by atoms with van der Waals surface area (Å²) in [6.07, 6.45) is -15.8. The number of anilines is 1. The number of nitrogens with zero attached hydrogens (tertiary/aromatic N) is 1. The molecule has 2 aromatic rings. The molecule has 1 saturated heterocycles. The molecule has 1 aliphatic heterocycles. The van der Waals surface area contributed by atoms with Crippen molar-refractivity contribution in [3.05, 3.63) is 63.7 Å². The molecule has 14 heteroatoms. The molecule has 1 fully saturated rings. The average Bonchev–Trinajstić information content (AvgIpc) is 3.18. The number of methoxy groups -OCH3 is 1. The minimum Gasteiger partial charge on any atom is -0.496 e. The van der Waals surface area contributed by atoms with Gasteiger partial charge in [-0.3, -0.25) is 4.90 Å². The highest BCUT2D eigenvalue weighted by molar-refractivity contribution is 5.79. The highest BCUT2D eigenvalue weighted by Crippen LogP contribution is 2.48. The lowest BCUT2D eigenvalue weighted by Crippen LogP contribution is -2.35. The predicted molar refractivity (Wildman–Crippen MR) is 144 cm³/mol. The van der Waals surface area contributed by atoms with Gasteiger partial charge in [-0.05, 0) is 78.6 Å². The Kier molecular flexibility index (Phi) is 8.64. The second-order valence-electron chi connectivity index (χ2n) is 11.8. The van der Waals surface area contributed by atoms with Gasteiger partial charge in [0, 0.05) is 24.8 Å². The quantitative estimate of drug-likeness (QED) is 0.321. The number of cyclic esters (lactones) is 1. The number of carbonyl (C=O) groups excluding carboxylic acids is 1. The highest BCUT2D eigenvalue weighted by Gasteiger charge is 2.44. The van der Waals surface area contributed by atoms with Gasteiger partial charge in [-0.25, -0.2) is 4.79 Å². The molecule has 44 heavy (non-hydrogen) atoms. The van der Waals surface area contributed by atoms with Gasteiger partial charge in [-0.1, -0.05) is 13.8 Å². The topological polar surface area (TPSA) is 50.8 Å². The first-order valence-corrected chi connectivity index (χ1v) is 13.6. The first-order chi connectivity index (χ1) is 20.2. The van der Waals surface area contributed by atoms with Crippen LogP contribution in [0.2, 0.25) is 0 Å². The normalized spacial score (nSPS) is 21.0. The van der Waals surface area contributed by atoms with Crippen molar-refractivity contribution in [3.63, 3.8) is 0 Å². The van der Waals surface area contributed by atoms with Crippen LogP contribution in [0.15, 0.2) is 35.9 Å². The van der Waals surface area contributed by atoms with E-state index >= 15 is 0 Å². The van der Waals surface area contributed by atoms with Crippen molar-refractivity contribution in [2.75, 3.05) is 26.0 Å². The van der Waals surface area contributed by atoms with E-state index in [0.717, 1.165) is 6.07 Å². The molecule has 2 aromatic carbocycles. The Morgan fingerprint density at radius 2 is 1.55 bits per heavy atom. The molecule has 2 atom stereocenters. The number of hydrogen-bond donors (Lipinski definition) is 1. The Balaban J connectivity index is 1.78. The third kappa shape index (κ3) is 6.73. The SMILES string of the molecule is CNc1cc(C2=C(CN3C(=O)O[C@H](c4cc(C(F)(F)F)cc(C(F)(F)F)c4)[C@@H]3C)CC(C)(C)CC2)c(OC)cc1C(F)(F)F. The van der Waals surface area contributed by atoms with Crippen LogP contribution in [0.4, 0.5) is 50.0 Å². The van der Waals surface area contributed by atoms with Crippen molar-refractivity contribution in [2.24, 2.45) is 5.41 Å². The van der Waals surface area contributed by atoms with E-state index in [1.165, 1.54) is 32.0 Å². The van der Waals surface area contributed by atoms with Crippen LogP contribution in [0.25, 0.3) is 5.57 Å². The van der Waals surface area contributed by atoms with Crippen molar-refractivity contribution in [1.29, 1.82) is 0 Å². The standard InChI is InChI=1S/C30H31F9N2O3/c1-15-25(16-8-18(28(31,32)33)10-19(9-16)29(34,35)36)44-26(42)41(15)14-17-13-27(2,3)7-6-20(17)21-11-23(40-4)22(30(37,38)39)12-24(21)43-5/h8-12,15,25,40H,6-7,13-14H2,1-5H3/t15-,25-/m0/s1. The lowest BCUT2D eigenvalue weighted by atomic mass is 9.72. The van der Waals surface area contributed by atoms with Gasteiger partial charge >= 0.3 is 24.6 Å². The van der Waals surface area contributed by atoms with Crippen LogP contribution < -0.4 is 10.1 Å². The molecule has 1 aliphatic carbocycles. The van der Waals surface area contributed by atoms with Gasteiger partial charge in [0.15, 0.2) is 0 Å². The summed E-state index contributed by atoms with van der Waals surface area (Å²) < 4.78 is 133. The fraction of sp³-hybridized carbons (Fsp3) is 0.500. The van der Waals surface area contributed by atoms with E-state index < -0.39 is 59.0 Å². The van der Waals surface area contributed by atoms with Gasteiger partial charge in [-0.2, -0.15) is 39.5 Å². The predicted octanol–water partition coefficient (Wildman–Crippen LogP) is 9.34. The Labute approximate surface area is 248 Å². The van der Waals surface area contributed by atoms with Crippen LogP contribution in [0.1, 0.15) is 74.0 Å². The number of benzene rings is 2. The Morgan fingerprint density at radius 3 is 2.05 bits per heavy atom. The number of nitrogens with one attached hydrogen (secondary N) is 1. The summed E-state index contributed by atoms with van der Waals surface area (Å²) in [4.78, 5) is 14.3. The minimum atomic E-state index is -5.08. The summed E-state index contributed by atoms with van der Waals surface area (Å²) in [5, 5.41) is 2.56. The molecule has 0 bridgehead atoms. The fourth-order valence-corrected chi connectivity index (χ4v) is 5.82. The number of hydrogen-bond acceptors (Lipinski definition) is 4. The summed E-state index contributed by atoms with van der Waals surface area (Å²) in [5.74, 6) is -0.0397. The van der Waals surface area contributed by atoms with Crippen LogP contribution in [0.5, 0.6) is 5.75 Å². The van der Waals surface area contributed by atoms with E-state index in [4.69, 9.17) is 9.47 Å². The zero-order valence-electron chi connectivity index (χ0n) is 24.4. The maximum Gasteiger partial charge on any atom is 0.418 e. The van der Waals surface area contributed by atoms with Gasteiger partial charge in [0.25, 0.3) is 0 Å². The molecule has 1 N–H and O–H groups in total. The van der Waals surface area contributed by atoms with Crippen LogP contribution in [0.3, 0.4) is 0 Å². The zero-order valence-corrected chi connectivity index (χ0v) is 24.4. The van der Waals surface area contributed by atoms with Crippen molar-refractivity contribution < 1.29 is 53.8 Å². The van der Waals surface area contributed by atoms with E-state index in [-0.39, 0.29) is 29.5 Å². The molecule has 5 nitrogen and oxygen atoms in total. The number of halogens is 9.